The fraction of sp³-hybridized carbons (Fsp3) is 0.538. The summed E-state index contributed by atoms with van der Waals surface area (Å²) in [5.74, 6) is 1.15. The lowest BCUT2D eigenvalue weighted by Gasteiger charge is -2.22. The molecule has 2 rings (SSSR count). The maximum Gasteiger partial charge on any atom is 0.280 e. The average molecular weight is 311 g/mol. The van der Waals surface area contributed by atoms with Crippen LogP contribution >= 0.6 is 11.8 Å². The molecular formula is C13H17N3O4S. The molecule has 0 aromatic heterocycles. The Labute approximate surface area is 126 Å². The van der Waals surface area contributed by atoms with E-state index >= 15 is 0 Å². The van der Waals surface area contributed by atoms with E-state index in [4.69, 9.17) is 0 Å². The topological polar surface area (TPSA) is 98.3 Å². The summed E-state index contributed by atoms with van der Waals surface area (Å²) < 4.78 is 0.176. The Bertz CT molecular complexity index is 558. The molecule has 1 aliphatic heterocycles. The van der Waals surface area contributed by atoms with Gasteiger partial charge < -0.3 is 5.32 Å². The van der Waals surface area contributed by atoms with Crippen molar-refractivity contribution in [3.8, 4) is 0 Å². The highest BCUT2D eigenvalue weighted by atomic mass is 32.2. The zero-order valence-corrected chi connectivity index (χ0v) is 12.5. The molecule has 114 valence electrons. The van der Waals surface area contributed by atoms with Gasteiger partial charge in [0.1, 0.15) is 0 Å². The second-order valence-electron chi connectivity index (χ2n) is 5.33. The Balaban J connectivity index is 2.05. The first kappa shape index (κ1) is 15.7. The predicted molar refractivity (Wildman–Crippen MR) is 81.6 cm³/mol. The van der Waals surface area contributed by atoms with Crippen molar-refractivity contribution in [2.24, 2.45) is 0 Å². The molecule has 0 aliphatic carbocycles. The number of rotatable bonds is 6. The van der Waals surface area contributed by atoms with Gasteiger partial charge in [-0.2, -0.15) is 11.8 Å². The Hall–Kier alpha value is -1.67. The van der Waals surface area contributed by atoms with Gasteiger partial charge in [-0.15, -0.1) is 0 Å². The second kappa shape index (κ2) is 6.40. The molecule has 0 bridgehead atoms. The first-order chi connectivity index (χ1) is 9.91. The lowest BCUT2D eigenvalue weighted by Crippen LogP contribution is -2.32. The van der Waals surface area contributed by atoms with Crippen molar-refractivity contribution in [2.45, 2.75) is 31.1 Å². The van der Waals surface area contributed by atoms with Crippen molar-refractivity contribution in [3.05, 3.63) is 44.0 Å². The number of nitrogens with zero attached hydrogens (tertiary/aromatic N) is 2. The van der Waals surface area contributed by atoms with Crippen LogP contribution in [0.2, 0.25) is 0 Å². The molecule has 0 radical (unpaired) electrons. The minimum atomic E-state index is -0.625. The van der Waals surface area contributed by atoms with Gasteiger partial charge in [-0.05, 0) is 31.6 Å². The third-order valence-corrected chi connectivity index (χ3v) is 5.13. The van der Waals surface area contributed by atoms with Crippen LogP contribution in [-0.2, 0) is 6.54 Å². The molecule has 1 unspecified atom stereocenters. The highest BCUT2D eigenvalue weighted by Gasteiger charge is 2.29. The van der Waals surface area contributed by atoms with Crippen LogP contribution < -0.4 is 5.32 Å². The van der Waals surface area contributed by atoms with Crippen molar-refractivity contribution < 1.29 is 9.85 Å². The van der Waals surface area contributed by atoms with Gasteiger partial charge in [0.2, 0.25) is 0 Å². The number of non-ortho nitro benzene ring substituents is 1. The summed E-state index contributed by atoms with van der Waals surface area (Å²) in [5, 5.41) is 24.9. The molecule has 1 aromatic rings. The molecule has 7 nitrogen and oxygen atoms in total. The Morgan fingerprint density at radius 3 is 2.67 bits per heavy atom. The summed E-state index contributed by atoms with van der Waals surface area (Å²) in [4.78, 5) is 20.5. The minimum Gasteiger partial charge on any atom is -0.311 e. The van der Waals surface area contributed by atoms with Crippen molar-refractivity contribution >= 4 is 23.1 Å². The van der Waals surface area contributed by atoms with Gasteiger partial charge >= 0.3 is 0 Å². The van der Waals surface area contributed by atoms with Crippen LogP contribution in [0.3, 0.4) is 0 Å². The summed E-state index contributed by atoms with van der Waals surface area (Å²) in [7, 11) is 0. The van der Waals surface area contributed by atoms with E-state index < -0.39 is 9.85 Å². The second-order valence-corrected chi connectivity index (χ2v) is 7.02. The molecule has 1 N–H and O–H groups in total. The molecule has 1 aliphatic rings. The lowest BCUT2D eigenvalue weighted by molar-refractivity contribution is -0.394. The standard InChI is InChI=1S/C13H17N3O4S/c1-13(5-2-6-21-13)9-14-8-10-3-4-11(15(17)18)7-12(10)16(19)20/h3-4,7,14H,2,5-6,8-9H2,1H3. The minimum absolute atomic E-state index is 0.176. The van der Waals surface area contributed by atoms with E-state index in [1.807, 2.05) is 11.8 Å². The molecule has 21 heavy (non-hydrogen) atoms. The van der Waals surface area contributed by atoms with Crippen molar-refractivity contribution in [1.82, 2.24) is 5.32 Å². The molecule has 8 heteroatoms. The molecule has 0 saturated carbocycles. The Morgan fingerprint density at radius 2 is 2.10 bits per heavy atom. The van der Waals surface area contributed by atoms with Crippen LogP contribution in [0.25, 0.3) is 0 Å². The fourth-order valence-electron chi connectivity index (χ4n) is 2.42. The highest BCUT2D eigenvalue weighted by molar-refractivity contribution is 8.00. The summed E-state index contributed by atoms with van der Waals surface area (Å²) in [6, 6.07) is 3.77. The Morgan fingerprint density at radius 1 is 1.33 bits per heavy atom. The zero-order valence-electron chi connectivity index (χ0n) is 11.7. The smallest absolute Gasteiger partial charge is 0.280 e. The van der Waals surface area contributed by atoms with Gasteiger partial charge in [0.15, 0.2) is 0 Å². The summed E-state index contributed by atoms with van der Waals surface area (Å²) in [5.41, 5.74) is 0.00175. The molecule has 0 amide bonds. The normalized spacial score (nSPS) is 21.4. The predicted octanol–water partition coefficient (Wildman–Crippen LogP) is 2.88. The monoisotopic (exact) mass is 311 g/mol. The van der Waals surface area contributed by atoms with Gasteiger partial charge in [-0.1, -0.05) is 0 Å². The number of benzene rings is 1. The zero-order chi connectivity index (χ0) is 15.5. The van der Waals surface area contributed by atoms with Gasteiger partial charge in [0, 0.05) is 29.5 Å². The largest absolute Gasteiger partial charge is 0.311 e. The first-order valence-electron chi connectivity index (χ1n) is 6.68. The summed E-state index contributed by atoms with van der Waals surface area (Å²) in [6.45, 7) is 3.29. The molecule has 1 aromatic carbocycles. The van der Waals surface area contributed by atoms with Gasteiger partial charge in [-0.3, -0.25) is 20.2 Å². The molecule has 1 fully saturated rings. The number of hydrogen-bond acceptors (Lipinski definition) is 6. The van der Waals surface area contributed by atoms with Crippen molar-refractivity contribution in [1.29, 1.82) is 0 Å². The highest BCUT2D eigenvalue weighted by Crippen LogP contribution is 2.37. The van der Waals surface area contributed by atoms with Crippen LogP contribution in [-0.4, -0.2) is 26.9 Å². The summed E-state index contributed by atoms with van der Waals surface area (Å²) >= 11 is 1.91. The number of hydrogen-bond donors (Lipinski definition) is 1. The van der Waals surface area contributed by atoms with E-state index in [9.17, 15) is 20.2 Å². The third-order valence-electron chi connectivity index (χ3n) is 3.59. The van der Waals surface area contributed by atoms with Crippen LogP contribution in [0.5, 0.6) is 0 Å². The maximum atomic E-state index is 11.0. The number of thioether (sulfide) groups is 1. The van der Waals surface area contributed by atoms with Gasteiger partial charge in [0.25, 0.3) is 11.4 Å². The van der Waals surface area contributed by atoms with E-state index in [1.165, 1.54) is 18.6 Å². The van der Waals surface area contributed by atoms with E-state index in [-0.39, 0.29) is 16.1 Å². The Kier molecular flexibility index (Phi) is 4.79. The maximum absolute atomic E-state index is 11.0. The van der Waals surface area contributed by atoms with E-state index in [0.717, 1.165) is 24.8 Å². The molecule has 1 saturated heterocycles. The van der Waals surface area contributed by atoms with Crippen LogP contribution in [0.15, 0.2) is 18.2 Å². The first-order valence-corrected chi connectivity index (χ1v) is 7.66. The van der Waals surface area contributed by atoms with Crippen LogP contribution in [0.1, 0.15) is 25.3 Å². The summed E-state index contributed by atoms with van der Waals surface area (Å²) in [6.07, 6.45) is 2.33. The number of nitrogens with one attached hydrogen (secondary N) is 1. The van der Waals surface area contributed by atoms with Crippen LogP contribution in [0, 0.1) is 20.2 Å². The quantitative estimate of drug-likeness (QED) is 0.640. The number of nitro benzene ring substituents is 2. The third kappa shape index (κ3) is 3.92. The van der Waals surface area contributed by atoms with Crippen LogP contribution in [0.4, 0.5) is 11.4 Å². The molecule has 1 atom stereocenters. The van der Waals surface area contributed by atoms with E-state index in [0.29, 0.717) is 12.1 Å². The van der Waals surface area contributed by atoms with E-state index in [2.05, 4.69) is 12.2 Å². The van der Waals surface area contributed by atoms with Crippen molar-refractivity contribution in [3.63, 3.8) is 0 Å². The van der Waals surface area contributed by atoms with Gasteiger partial charge in [0.05, 0.1) is 15.9 Å². The average Bonchev–Trinajstić information content (AvgIpc) is 2.85. The van der Waals surface area contributed by atoms with Gasteiger partial charge in [-0.25, -0.2) is 0 Å². The molecular weight excluding hydrogens is 294 g/mol. The molecule has 1 heterocycles. The van der Waals surface area contributed by atoms with Crippen molar-refractivity contribution in [2.75, 3.05) is 12.3 Å². The number of nitro groups is 2. The molecule has 0 spiro atoms. The SMILES string of the molecule is CC1(CNCc2ccc([N+](=O)[O-])cc2[N+](=O)[O-])CCCS1. The van der Waals surface area contributed by atoms with E-state index in [1.54, 1.807) is 0 Å². The lowest BCUT2D eigenvalue weighted by atomic mass is 10.1. The fourth-order valence-corrected chi connectivity index (χ4v) is 3.70.